The molecular formula is C22H32N8O2. The number of carbonyl (C=O) groups is 1. The molecule has 0 spiro atoms. The molecule has 0 unspecified atom stereocenters. The van der Waals surface area contributed by atoms with Crippen LogP contribution in [0, 0.1) is 0 Å². The van der Waals surface area contributed by atoms with Crippen LogP contribution in [0.5, 0.6) is 0 Å². The van der Waals surface area contributed by atoms with Crippen LogP contribution >= 0.6 is 0 Å². The van der Waals surface area contributed by atoms with E-state index in [0.717, 1.165) is 37.9 Å². The lowest BCUT2D eigenvalue weighted by molar-refractivity contribution is 0.204. The van der Waals surface area contributed by atoms with Gasteiger partial charge in [0.05, 0.1) is 5.69 Å². The molecule has 7 N–H and O–H groups in total. The largest absolute Gasteiger partial charge is 0.354 e. The maximum Gasteiger partial charge on any atom is 0.354 e. The number of carbonyl (C=O) groups excluding carboxylic acids is 1. The molecule has 2 heterocycles. The maximum atomic E-state index is 12.5. The zero-order valence-corrected chi connectivity index (χ0v) is 18.2. The van der Waals surface area contributed by atoms with Gasteiger partial charge in [0.25, 0.3) is 0 Å². The molecule has 32 heavy (non-hydrogen) atoms. The third-order valence-electron chi connectivity index (χ3n) is 6.03. The summed E-state index contributed by atoms with van der Waals surface area (Å²) in [6.45, 7) is 3.49. The van der Waals surface area contributed by atoms with Crippen molar-refractivity contribution < 1.29 is 4.79 Å². The number of hydrogen-bond acceptors (Lipinski definition) is 7. The lowest BCUT2D eigenvalue weighted by Gasteiger charge is -2.31. The van der Waals surface area contributed by atoms with Crippen molar-refractivity contribution in [1.82, 2.24) is 25.1 Å². The van der Waals surface area contributed by atoms with Crippen LogP contribution in [-0.2, 0) is 6.54 Å². The number of piperazine rings is 1. The molecule has 4 rings (SSSR count). The number of aromatic nitrogens is 2. The van der Waals surface area contributed by atoms with E-state index in [9.17, 15) is 9.59 Å². The molecule has 2 aromatic rings. The summed E-state index contributed by atoms with van der Waals surface area (Å²) >= 11 is 0. The lowest BCUT2D eigenvalue weighted by Crippen LogP contribution is -2.48. The van der Waals surface area contributed by atoms with Crippen molar-refractivity contribution >= 4 is 11.8 Å². The number of nitrogens with one attached hydrogen (secondary N) is 3. The van der Waals surface area contributed by atoms with E-state index in [-0.39, 0.29) is 23.9 Å². The molecule has 1 saturated heterocycles. The van der Waals surface area contributed by atoms with Gasteiger partial charge in [-0.3, -0.25) is 9.88 Å². The zero-order valence-electron chi connectivity index (χ0n) is 18.2. The SMILES string of the molecule is N[C@@H]1C[C@H](N)C[C@H](NCc2ccc(-n3ccc(NC(=O)N4CCNCC4)nc3=O)cc2)C1. The first-order chi connectivity index (χ1) is 15.5. The molecule has 10 heteroatoms. The van der Waals surface area contributed by atoms with Crippen LogP contribution < -0.4 is 33.1 Å². The first kappa shape index (κ1) is 22.4. The minimum absolute atomic E-state index is 0.155. The van der Waals surface area contributed by atoms with E-state index in [1.54, 1.807) is 17.2 Å². The van der Waals surface area contributed by atoms with Crippen LogP contribution in [-0.4, -0.2) is 64.8 Å². The van der Waals surface area contributed by atoms with E-state index in [0.29, 0.717) is 31.4 Å². The fourth-order valence-electron chi connectivity index (χ4n) is 4.34. The molecule has 1 aromatic heterocycles. The van der Waals surface area contributed by atoms with Gasteiger partial charge in [0, 0.05) is 57.0 Å². The number of nitrogens with two attached hydrogens (primary N) is 2. The number of hydrogen-bond donors (Lipinski definition) is 5. The highest BCUT2D eigenvalue weighted by atomic mass is 16.2. The topological polar surface area (TPSA) is 143 Å². The van der Waals surface area contributed by atoms with E-state index in [4.69, 9.17) is 11.5 Å². The molecule has 10 nitrogen and oxygen atoms in total. The van der Waals surface area contributed by atoms with Gasteiger partial charge in [0.2, 0.25) is 0 Å². The predicted molar refractivity (Wildman–Crippen MR) is 124 cm³/mol. The Morgan fingerprint density at radius 3 is 2.41 bits per heavy atom. The smallest absolute Gasteiger partial charge is 0.328 e. The standard InChI is InChI=1S/C22H32N8O2/c23-16-11-17(24)13-18(12-16)26-14-15-1-3-19(4-2-15)30-8-5-20(28-22(30)32)27-21(31)29-9-6-25-7-10-29/h1-5,8,16-18,25-26H,6-7,9-14,23-24H2,(H,27,28,31,32)/t16-,17+,18-. The van der Waals surface area contributed by atoms with Gasteiger partial charge in [0.15, 0.2) is 0 Å². The summed E-state index contributed by atoms with van der Waals surface area (Å²) in [5, 5.41) is 9.43. The monoisotopic (exact) mass is 440 g/mol. The van der Waals surface area contributed by atoms with Gasteiger partial charge in [-0.2, -0.15) is 4.98 Å². The molecule has 1 aromatic carbocycles. The fraction of sp³-hybridized carbons (Fsp3) is 0.500. The second kappa shape index (κ2) is 10.2. The van der Waals surface area contributed by atoms with Gasteiger partial charge in [-0.15, -0.1) is 0 Å². The minimum Gasteiger partial charge on any atom is -0.328 e. The predicted octanol–water partition coefficient (Wildman–Crippen LogP) is -0.0337. The van der Waals surface area contributed by atoms with Crippen LogP contribution in [0.4, 0.5) is 10.6 Å². The van der Waals surface area contributed by atoms with Gasteiger partial charge in [-0.25, -0.2) is 9.59 Å². The average Bonchev–Trinajstić information content (AvgIpc) is 2.78. The van der Waals surface area contributed by atoms with Crippen LogP contribution in [0.3, 0.4) is 0 Å². The van der Waals surface area contributed by atoms with E-state index in [2.05, 4.69) is 20.9 Å². The summed E-state index contributed by atoms with van der Waals surface area (Å²) in [5.74, 6) is 0.250. The van der Waals surface area contributed by atoms with Crippen molar-refractivity contribution in [3.63, 3.8) is 0 Å². The van der Waals surface area contributed by atoms with Crippen molar-refractivity contribution in [2.75, 3.05) is 31.5 Å². The van der Waals surface area contributed by atoms with Crippen LogP contribution in [0.25, 0.3) is 5.69 Å². The molecule has 3 atom stereocenters. The van der Waals surface area contributed by atoms with Crippen molar-refractivity contribution in [2.24, 2.45) is 11.5 Å². The summed E-state index contributed by atoms with van der Waals surface area (Å²) in [7, 11) is 0. The second-order valence-electron chi connectivity index (χ2n) is 8.60. The Hall–Kier alpha value is -2.79. The molecule has 172 valence electrons. The van der Waals surface area contributed by atoms with Crippen molar-refractivity contribution in [1.29, 1.82) is 0 Å². The van der Waals surface area contributed by atoms with E-state index >= 15 is 0 Å². The first-order valence-corrected chi connectivity index (χ1v) is 11.2. The molecule has 0 bridgehead atoms. The van der Waals surface area contributed by atoms with Gasteiger partial charge in [0.1, 0.15) is 5.82 Å². The molecule has 2 aliphatic rings. The quantitative estimate of drug-likeness (QED) is 0.439. The molecule has 1 aliphatic carbocycles. The van der Waals surface area contributed by atoms with Gasteiger partial charge in [-0.1, -0.05) is 12.1 Å². The number of urea groups is 1. The van der Waals surface area contributed by atoms with Crippen molar-refractivity contribution in [2.45, 2.75) is 43.9 Å². The highest BCUT2D eigenvalue weighted by molar-refractivity contribution is 5.88. The normalized spacial score (nSPS) is 23.7. The second-order valence-corrected chi connectivity index (χ2v) is 8.60. The van der Waals surface area contributed by atoms with Crippen molar-refractivity contribution in [3.05, 3.63) is 52.6 Å². The maximum absolute atomic E-state index is 12.5. The summed E-state index contributed by atoms with van der Waals surface area (Å²) in [5.41, 5.74) is 13.5. The molecule has 1 aliphatic heterocycles. The number of nitrogens with zero attached hydrogens (tertiary/aromatic N) is 3. The Balaban J connectivity index is 1.35. The Morgan fingerprint density at radius 1 is 1.06 bits per heavy atom. The molecule has 2 fully saturated rings. The molecule has 2 amide bonds. The number of anilines is 1. The minimum atomic E-state index is -0.445. The van der Waals surface area contributed by atoms with Gasteiger partial charge in [-0.05, 0) is 43.0 Å². The van der Waals surface area contributed by atoms with Gasteiger partial charge >= 0.3 is 11.7 Å². The summed E-state index contributed by atoms with van der Waals surface area (Å²) in [4.78, 5) is 30.5. The molecule has 0 radical (unpaired) electrons. The molecule has 1 saturated carbocycles. The Kier molecular flexibility index (Phi) is 7.15. The average molecular weight is 441 g/mol. The highest BCUT2D eigenvalue weighted by Crippen LogP contribution is 2.17. The lowest BCUT2D eigenvalue weighted by atomic mass is 9.88. The van der Waals surface area contributed by atoms with E-state index < -0.39 is 5.69 Å². The highest BCUT2D eigenvalue weighted by Gasteiger charge is 2.24. The number of benzene rings is 1. The molecular weight excluding hydrogens is 408 g/mol. The van der Waals surface area contributed by atoms with E-state index in [1.807, 2.05) is 24.3 Å². The van der Waals surface area contributed by atoms with Crippen LogP contribution in [0.15, 0.2) is 41.3 Å². The first-order valence-electron chi connectivity index (χ1n) is 11.2. The zero-order chi connectivity index (χ0) is 22.5. The van der Waals surface area contributed by atoms with Crippen molar-refractivity contribution in [3.8, 4) is 5.69 Å². The summed E-state index contributed by atoms with van der Waals surface area (Å²) in [6.07, 6.45) is 4.38. The van der Waals surface area contributed by atoms with Gasteiger partial charge < -0.3 is 27.0 Å². The Bertz CT molecular complexity index is 961. The van der Waals surface area contributed by atoms with Crippen LogP contribution in [0.2, 0.25) is 0 Å². The van der Waals surface area contributed by atoms with Crippen LogP contribution in [0.1, 0.15) is 24.8 Å². The summed E-state index contributed by atoms with van der Waals surface area (Å²) in [6, 6.07) is 9.76. The third kappa shape index (κ3) is 5.71. The third-order valence-corrected chi connectivity index (χ3v) is 6.03. The Labute approximate surface area is 187 Å². The number of rotatable bonds is 5. The Morgan fingerprint density at radius 2 is 1.75 bits per heavy atom. The number of amides is 2. The van der Waals surface area contributed by atoms with E-state index in [1.165, 1.54) is 4.57 Å². The summed E-state index contributed by atoms with van der Waals surface area (Å²) < 4.78 is 1.46. The fourth-order valence-corrected chi connectivity index (χ4v) is 4.34.